The van der Waals surface area contributed by atoms with E-state index < -0.39 is 22.0 Å². The minimum atomic E-state index is -3.73. The number of carbonyl (C=O) groups excluding carboxylic acids is 2. The van der Waals surface area contributed by atoms with Gasteiger partial charge in [-0.25, -0.2) is 8.42 Å². The van der Waals surface area contributed by atoms with Gasteiger partial charge in [0.05, 0.1) is 23.2 Å². The molecule has 0 spiro atoms. The maximum Gasteiger partial charge on any atom is 0.253 e. The molecule has 0 heterocycles. The van der Waals surface area contributed by atoms with Gasteiger partial charge in [-0.15, -0.1) is 0 Å². The maximum atomic E-state index is 13.1. The third kappa shape index (κ3) is 5.82. The molecule has 1 atom stereocenters. The normalized spacial score (nSPS) is 12.1. The molecule has 0 aliphatic heterocycles. The molecule has 7 nitrogen and oxygen atoms in total. The van der Waals surface area contributed by atoms with Crippen molar-refractivity contribution in [2.45, 2.75) is 39.7 Å². The molecule has 8 heteroatoms. The van der Waals surface area contributed by atoms with E-state index in [4.69, 9.17) is 0 Å². The number of sulfonamides is 1. The molecule has 2 amide bonds. The topological polar surface area (TPSA) is 95.6 Å². The van der Waals surface area contributed by atoms with Crippen LogP contribution in [0.5, 0.6) is 0 Å². The second-order valence-corrected chi connectivity index (χ2v) is 8.97. The highest BCUT2D eigenvalue weighted by Crippen LogP contribution is 2.25. The molecular weight excluding hydrogens is 402 g/mol. The van der Waals surface area contributed by atoms with Crippen molar-refractivity contribution in [2.24, 2.45) is 0 Å². The molecule has 2 aromatic carbocycles. The molecular formula is C22H29N3O4S. The van der Waals surface area contributed by atoms with Crippen LogP contribution in [-0.4, -0.2) is 39.1 Å². The lowest BCUT2D eigenvalue weighted by atomic mass is 10.1. The third-order valence-electron chi connectivity index (χ3n) is 4.55. The molecule has 0 aromatic heterocycles. The van der Waals surface area contributed by atoms with Crippen LogP contribution in [-0.2, 0) is 14.8 Å². The number of nitrogens with one attached hydrogen (secondary N) is 2. The Hall–Kier alpha value is -2.87. The number of aryl methyl sites for hydroxylation is 1. The van der Waals surface area contributed by atoms with Gasteiger partial charge < -0.3 is 10.6 Å². The van der Waals surface area contributed by atoms with Crippen molar-refractivity contribution in [3.63, 3.8) is 0 Å². The fourth-order valence-electron chi connectivity index (χ4n) is 3.17. The minimum Gasteiger partial charge on any atom is -0.352 e. The Labute approximate surface area is 178 Å². The quantitative estimate of drug-likeness (QED) is 0.637. The van der Waals surface area contributed by atoms with Gasteiger partial charge in [0.2, 0.25) is 15.9 Å². The Morgan fingerprint density at radius 3 is 2.37 bits per heavy atom. The molecule has 2 N–H and O–H groups in total. The summed E-state index contributed by atoms with van der Waals surface area (Å²) in [6.07, 6.45) is 2.13. The predicted molar refractivity (Wildman–Crippen MR) is 120 cm³/mol. The van der Waals surface area contributed by atoms with Crippen molar-refractivity contribution in [3.8, 4) is 0 Å². The van der Waals surface area contributed by atoms with Crippen LogP contribution in [0.4, 0.5) is 11.4 Å². The van der Waals surface area contributed by atoms with Crippen LogP contribution in [0.15, 0.2) is 48.5 Å². The van der Waals surface area contributed by atoms with Gasteiger partial charge in [-0.05, 0) is 49.6 Å². The molecule has 30 heavy (non-hydrogen) atoms. The zero-order valence-corrected chi connectivity index (χ0v) is 18.6. The fraction of sp³-hybridized carbons (Fsp3) is 0.364. The summed E-state index contributed by atoms with van der Waals surface area (Å²) in [6, 6.07) is 12.7. The summed E-state index contributed by atoms with van der Waals surface area (Å²) in [5.74, 6) is -0.792. The molecule has 2 rings (SSSR count). The Bertz CT molecular complexity index is 1000. The number of carbonyl (C=O) groups is 2. The van der Waals surface area contributed by atoms with Crippen LogP contribution in [0.25, 0.3) is 0 Å². The van der Waals surface area contributed by atoms with Crippen LogP contribution in [0.3, 0.4) is 0 Å². The number of benzene rings is 2. The van der Waals surface area contributed by atoms with Gasteiger partial charge in [0.1, 0.15) is 6.04 Å². The Morgan fingerprint density at radius 1 is 1.07 bits per heavy atom. The largest absolute Gasteiger partial charge is 0.352 e. The zero-order valence-electron chi connectivity index (χ0n) is 17.8. The number of rotatable bonds is 9. The maximum absolute atomic E-state index is 13.1. The first kappa shape index (κ1) is 23.4. The van der Waals surface area contributed by atoms with Gasteiger partial charge in [0.25, 0.3) is 5.91 Å². The molecule has 0 aliphatic rings. The van der Waals surface area contributed by atoms with Crippen LogP contribution in [0, 0.1) is 6.92 Å². The number of amides is 2. The van der Waals surface area contributed by atoms with E-state index in [2.05, 4.69) is 10.6 Å². The highest BCUT2D eigenvalue weighted by Gasteiger charge is 2.32. The first-order chi connectivity index (χ1) is 14.2. The number of hydrogen-bond acceptors (Lipinski definition) is 4. The number of anilines is 2. The monoisotopic (exact) mass is 431 g/mol. The molecule has 0 aliphatic carbocycles. The molecule has 0 bridgehead atoms. The van der Waals surface area contributed by atoms with Crippen molar-refractivity contribution in [3.05, 3.63) is 59.7 Å². The molecule has 0 radical (unpaired) electrons. The van der Waals surface area contributed by atoms with Gasteiger partial charge in [-0.3, -0.25) is 13.9 Å². The third-order valence-corrected chi connectivity index (χ3v) is 5.73. The summed E-state index contributed by atoms with van der Waals surface area (Å²) < 4.78 is 26.3. The van der Waals surface area contributed by atoms with E-state index in [-0.39, 0.29) is 12.3 Å². The van der Waals surface area contributed by atoms with E-state index in [9.17, 15) is 18.0 Å². The fourth-order valence-corrected chi connectivity index (χ4v) is 4.37. The molecule has 162 valence electrons. The van der Waals surface area contributed by atoms with Crippen molar-refractivity contribution < 1.29 is 18.0 Å². The number of hydrogen-bond donors (Lipinski definition) is 2. The summed E-state index contributed by atoms with van der Waals surface area (Å²) in [5.41, 5.74) is 1.98. The highest BCUT2D eigenvalue weighted by atomic mass is 32.2. The summed E-state index contributed by atoms with van der Waals surface area (Å²) in [6.45, 7) is 6.08. The van der Waals surface area contributed by atoms with E-state index >= 15 is 0 Å². The van der Waals surface area contributed by atoms with E-state index in [1.54, 1.807) is 49.4 Å². The SMILES string of the molecule is CCCNC(=O)c1ccccc1NC(=O)C(CC)N(c1cccc(C)c1)S(C)(=O)=O. The zero-order chi connectivity index (χ0) is 22.3. The van der Waals surface area contributed by atoms with Gasteiger partial charge in [-0.1, -0.05) is 38.1 Å². The van der Waals surface area contributed by atoms with Gasteiger partial charge >= 0.3 is 0 Å². The number of para-hydroxylation sites is 1. The molecule has 0 saturated carbocycles. The summed E-state index contributed by atoms with van der Waals surface area (Å²) in [5, 5.41) is 5.54. The minimum absolute atomic E-state index is 0.261. The van der Waals surface area contributed by atoms with Crippen LogP contribution < -0.4 is 14.9 Å². The standard InChI is InChI=1S/C22H29N3O4S/c1-5-14-23-21(26)18-12-7-8-13-19(18)24-22(27)20(6-2)25(30(4,28)29)17-11-9-10-16(3)15-17/h7-13,15,20H,5-6,14H2,1-4H3,(H,23,26)(H,24,27). The Balaban J connectivity index is 2.37. The van der Waals surface area contributed by atoms with Crippen molar-refractivity contribution >= 4 is 33.2 Å². The average molecular weight is 432 g/mol. The van der Waals surface area contributed by atoms with Crippen LogP contribution in [0.2, 0.25) is 0 Å². The van der Waals surface area contributed by atoms with Gasteiger partial charge in [-0.2, -0.15) is 0 Å². The molecule has 1 unspecified atom stereocenters. The Morgan fingerprint density at radius 2 is 1.77 bits per heavy atom. The van der Waals surface area contributed by atoms with Crippen LogP contribution in [0.1, 0.15) is 42.6 Å². The van der Waals surface area contributed by atoms with E-state index in [1.807, 2.05) is 19.9 Å². The van der Waals surface area contributed by atoms with Crippen molar-refractivity contribution in [2.75, 3.05) is 22.4 Å². The first-order valence-corrected chi connectivity index (χ1v) is 11.8. The highest BCUT2D eigenvalue weighted by molar-refractivity contribution is 7.92. The van der Waals surface area contributed by atoms with Gasteiger partial charge in [0, 0.05) is 6.54 Å². The van der Waals surface area contributed by atoms with Crippen LogP contribution >= 0.6 is 0 Å². The molecule has 0 saturated heterocycles. The van der Waals surface area contributed by atoms with Crippen molar-refractivity contribution in [1.82, 2.24) is 5.32 Å². The lowest BCUT2D eigenvalue weighted by Crippen LogP contribution is -2.47. The van der Waals surface area contributed by atoms with Gasteiger partial charge in [0.15, 0.2) is 0 Å². The molecule has 0 fully saturated rings. The predicted octanol–water partition coefficient (Wildman–Crippen LogP) is 3.32. The Kier molecular flexibility index (Phi) is 8.00. The average Bonchev–Trinajstić information content (AvgIpc) is 2.69. The molecule has 2 aromatic rings. The second kappa shape index (κ2) is 10.2. The summed E-state index contributed by atoms with van der Waals surface area (Å²) in [4.78, 5) is 25.6. The van der Waals surface area contributed by atoms with E-state index in [0.29, 0.717) is 23.5 Å². The lowest BCUT2D eigenvalue weighted by molar-refractivity contribution is -0.117. The summed E-state index contributed by atoms with van der Waals surface area (Å²) in [7, 11) is -3.73. The second-order valence-electron chi connectivity index (χ2n) is 7.11. The first-order valence-electron chi connectivity index (χ1n) is 9.93. The lowest BCUT2D eigenvalue weighted by Gasteiger charge is -2.30. The van der Waals surface area contributed by atoms with E-state index in [1.165, 1.54) is 0 Å². The van der Waals surface area contributed by atoms with E-state index in [0.717, 1.165) is 22.5 Å². The number of nitrogens with zero attached hydrogens (tertiary/aromatic N) is 1. The smallest absolute Gasteiger partial charge is 0.253 e. The summed E-state index contributed by atoms with van der Waals surface area (Å²) >= 11 is 0. The van der Waals surface area contributed by atoms with Crippen molar-refractivity contribution in [1.29, 1.82) is 0 Å².